The van der Waals surface area contributed by atoms with E-state index in [-0.39, 0.29) is 22.5 Å². The SMILES string of the molecule is CCCCCc1cc2c(c(OS(=O)(=O)c3ccc(C)cc3)c1)[C@H]1[C@@H](CC=C(C)[C@@H]1OO)C(C)(C)O2. The topological polar surface area (TPSA) is 82.1 Å². The summed E-state index contributed by atoms with van der Waals surface area (Å²) in [6, 6.07) is 10.4. The maximum absolute atomic E-state index is 13.3. The van der Waals surface area contributed by atoms with Crippen molar-refractivity contribution < 1.29 is 27.5 Å². The molecule has 0 fully saturated rings. The number of ether oxygens (including phenoxy) is 1. The van der Waals surface area contributed by atoms with Crippen molar-refractivity contribution in [3.05, 3.63) is 64.7 Å². The molecule has 35 heavy (non-hydrogen) atoms. The molecule has 0 spiro atoms. The van der Waals surface area contributed by atoms with Gasteiger partial charge in [-0.15, -0.1) is 0 Å². The number of allylic oxidation sites excluding steroid dienone is 1. The highest BCUT2D eigenvalue weighted by Gasteiger charge is 2.51. The van der Waals surface area contributed by atoms with E-state index in [2.05, 4.69) is 13.0 Å². The van der Waals surface area contributed by atoms with Crippen LogP contribution in [0.2, 0.25) is 0 Å². The molecule has 1 N–H and O–H groups in total. The Kier molecular flexibility index (Phi) is 7.32. The summed E-state index contributed by atoms with van der Waals surface area (Å²) in [5.74, 6) is 0.482. The Morgan fingerprint density at radius 3 is 2.49 bits per heavy atom. The molecule has 1 aliphatic heterocycles. The summed E-state index contributed by atoms with van der Waals surface area (Å²) >= 11 is 0. The smallest absolute Gasteiger partial charge is 0.339 e. The van der Waals surface area contributed by atoms with E-state index in [1.54, 1.807) is 24.3 Å². The third-order valence-electron chi connectivity index (χ3n) is 7.36. The first-order chi connectivity index (χ1) is 16.6. The van der Waals surface area contributed by atoms with Gasteiger partial charge >= 0.3 is 10.1 Å². The summed E-state index contributed by atoms with van der Waals surface area (Å²) in [5.41, 5.74) is 2.92. The monoisotopic (exact) mass is 500 g/mol. The number of fused-ring (bicyclic) bond motifs is 3. The molecule has 3 atom stereocenters. The minimum absolute atomic E-state index is 0.0359. The third-order valence-corrected chi connectivity index (χ3v) is 8.61. The molecular weight excluding hydrogens is 464 g/mol. The lowest BCUT2D eigenvalue weighted by molar-refractivity contribution is -0.281. The molecule has 2 aliphatic rings. The standard InChI is InChI=1S/C28H36O6S/c1-6-7-8-9-20-16-23-26(24(17-20)34-35(30,31)21-13-10-18(2)11-14-21)25-22(28(4,5)32-23)15-12-19(3)27(25)33-29/h10-14,16-17,22,25,27,29H,6-9,15H2,1-5H3/t22-,25-,27+/m1/s1. The molecule has 7 heteroatoms. The van der Waals surface area contributed by atoms with Gasteiger partial charge in [0.15, 0.2) is 5.75 Å². The summed E-state index contributed by atoms with van der Waals surface area (Å²) in [7, 11) is -4.08. The van der Waals surface area contributed by atoms with E-state index < -0.39 is 21.8 Å². The van der Waals surface area contributed by atoms with Crippen LogP contribution in [0.25, 0.3) is 0 Å². The Hall–Kier alpha value is -2.35. The largest absolute Gasteiger partial charge is 0.487 e. The van der Waals surface area contributed by atoms with Crippen LogP contribution in [0, 0.1) is 12.8 Å². The van der Waals surface area contributed by atoms with Gasteiger partial charge in [0.25, 0.3) is 0 Å². The number of hydrogen-bond donors (Lipinski definition) is 1. The van der Waals surface area contributed by atoms with Gasteiger partial charge in [-0.2, -0.15) is 8.42 Å². The number of aryl methyl sites for hydroxylation is 2. The van der Waals surface area contributed by atoms with Crippen LogP contribution in [0.1, 0.15) is 76.0 Å². The number of hydrogen-bond acceptors (Lipinski definition) is 6. The van der Waals surface area contributed by atoms with Crippen molar-refractivity contribution in [2.75, 3.05) is 0 Å². The molecule has 0 saturated heterocycles. The fraction of sp³-hybridized carbons (Fsp3) is 0.500. The number of unbranched alkanes of at least 4 members (excludes halogenated alkanes) is 2. The first-order valence-corrected chi connectivity index (χ1v) is 13.8. The quantitative estimate of drug-likeness (QED) is 0.145. The maximum atomic E-state index is 13.3. The second kappa shape index (κ2) is 9.96. The molecule has 2 aromatic carbocycles. The van der Waals surface area contributed by atoms with E-state index in [1.807, 2.05) is 39.8 Å². The van der Waals surface area contributed by atoms with Crippen molar-refractivity contribution in [2.24, 2.45) is 5.92 Å². The van der Waals surface area contributed by atoms with Crippen molar-refractivity contribution in [1.29, 1.82) is 0 Å². The molecule has 6 nitrogen and oxygen atoms in total. The van der Waals surface area contributed by atoms with Crippen LogP contribution < -0.4 is 8.92 Å². The highest BCUT2D eigenvalue weighted by molar-refractivity contribution is 7.87. The van der Waals surface area contributed by atoms with E-state index in [9.17, 15) is 13.7 Å². The Balaban J connectivity index is 1.86. The van der Waals surface area contributed by atoms with Crippen molar-refractivity contribution in [2.45, 2.75) is 89.2 Å². The van der Waals surface area contributed by atoms with E-state index in [0.717, 1.165) is 48.8 Å². The fourth-order valence-corrected chi connectivity index (χ4v) is 6.32. The summed E-state index contributed by atoms with van der Waals surface area (Å²) in [6.45, 7) is 10.0. The van der Waals surface area contributed by atoms with Crippen LogP contribution in [-0.4, -0.2) is 25.4 Å². The van der Waals surface area contributed by atoms with Crippen molar-refractivity contribution in [3.63, 3.8) is 0 Å². The van der Waals surface area contributed by atoms with Gasteiger partial charge in [-0.1, -0.05) is 43.5 Å². The minimum Gasteiger partial charge on any atom is -0.487 e. The first-order valence-electron chi connectivity index (χ1n) is 12.4. The van der Waals surface area contributed by atoms with Crippen LogP contribution >= 0.6 is 0 Å². The van der Waals surface area contributed by atoms with Crippen LogP contribution in [0.4, 0.5) is 0 Å². The molecule has 2 aromatic rings. The van der Waals surface area contributed by atoms with Gasteiger partial charge in [-0.05, 0) is 82.4 Å². The molecule has 0 radical (unpaired) electrons. The molecule has 4 rings (SSSR count). The van der Waals surface area contributed by atoms with Crippen LogP contribution in [-0.2, 0) is 21.4 Å². The average molecular weight is 501 g/mol. The summed E-state index contributed by atoms with van der Waals surface area (Å²) in [4.78, 5) is 5.08. The van der Waals surface area contributed by atoms with Gasteiger partial charge in [0, 0.05) is 17.4 Å². The highest BCUT2D eigenvalue weighted by Crippen LogP contribution is 2.55. The van der Waals surface area contributed by atoms with Gasteiger partial charge in [-0.3, -0.25) is 5.26 Å². The van der Waals surface area contributed by atoms with Crippen molar-refractivity contribution in [1.82, 2.24) is 0 Å². The number of rotatable bonds is 8. The van der Waals surface area contributed by atoms with E-state index in [1.165, 1.54) is 0 Å². The zero-order valence-electron chi connectivity index (χ0n) is 21.2. The van der Waals surface area contributed by atoms with Gasteiger partial charge in [-0.25, -0.2) is 4.89 Å². The van der Waals surface area contributed by atoms with Gasteiger partial charge in [0.05, 0.1) is 0 Å². The predicted octanol–water partition coefficient (Wildman–Crippen LogP) is 6.57. The second-order valence-corrected chi connectivity index (χ2v) is 11.9. The summed E-state index contributed by atoms with van der Waals surface area (Å²) < 4.78 is 39.0. The molecule has 0 unspecified atom stereocenters. The predicted molar refractivity (Wildman–Crippen MR) is 135 cm³/mol. The third kappa shape index (κ3) is 5.13. The number of benzene rings is 2. The minimum atomic E-state index is -4.08. The molecular formula is C28H36O6S. The highest BCUT2D eigenvalue weighted by atomic mass is 32.2. The zero-order valence-corrected chi connectivity index (χ0v) is 22.0. The molecule has 1 heterocycles. The lowest BCUT2D eigenvalue weighted by atomic mass is 9.65. The lowest BCUT2D eigenvalue weighted by Gasteiger charge is -2.49. The molecule has 190 valence electrons. The summed E-state index contributed by atoms with van der Waals surface area (Å²) in [6.07, 6.45) is 6.11. The van der Waals surface area contributed by atoms with E-state index in [4.69, 9.17) is 13.8 Å². The van der Waals surface area contributed by atoms with Crippen molar-refractivity contribution >= 4 is 10.1 Å². The first kappa shape index (κ1) is 25.7. The van der Waals surface area contributed by atoms with Crippen molar-refractivity contribution in [3.8, 4) is 11.5 Å². The van der Waals surface area contributed by atoms with E-state index >= 15 is 0 Å². The van der Waals surface area contributed by atoms with Gasteiger partial charge < -0.3 is 8.92 Å². The zero-order chi connectivity index (χ0) is 25.4. The Morgan fingerprint density at radius 1 is 1.11 bits per heavy atom. The molecule has 0 amide bonds. The molecule has 0 aromatic heterocycles. The Labute approximate surface area is 209 Å². The normalized spacial score (nSPS) is 23.0. The molecule has 0 bridgehead atoms. The van der Waals surface area contributed by atoms with Gasteiger partial charge in [0.2, 0.25) is 0 Å². The van der Waals surface area contributed by atoms with Gasteiger partial charge in [0.1, 0.15) is 22.4 Å². The molecule has 1 aliphatic carbocycles. The lowest BCUT2D eigenvalue weighted by Crippen LogP contribution is -2.49. The van der Waals surface area contributed by atoms with Crippen LogP contribution in [0.3, 0.4) is 0 Å². The summed E-state index contributed by atoms with van der Waals surface area (Å²) in [5, 5.41) is 9.88. The van der Waals surface area contributed by atoms with Crippen LogP contribution in [0.15, 0.2) is 52.9 Å². The molecule has 0 saturated carbocycles. The average Bonchev–Trinajstić information content (AvgIpc) is 2.78. The fourth-order valence-electron chi connectivity index (χ4n) is 5.38. The Bertz CT molecular complexity index is 1200. The Morgan fingerprint density at radius 2 is 1.83 bits per heavy atom. The maximum Gasteiger partial charge on any atom is 0.339 e. The second-order valence-electron chi connectivity index (χ2n) is 10.4. The van der Waals surface area contributed by atoms with E-state index in [0.29, 0.717) is 11.3 Å². The van der Waals surface area contributed by atoms with Crippen LogP contribution in [0.5, 0.6) is 11.5 Å².